The van der Waals surface area contributed by atoms with E-state index in [1.807, 2.05) is 20.8 Å². The zero-order chi connectivity index (χ0) is 28.7. The molecule has 0 bridgehead atoms. The van der Waals surface area contributed by atoms with Gasteiger partial charge >= 0.3 is 0 Å². The van der Waals surface area contributed by atoms with Gasteiger partial charge in [0.1, 0.15) is 11.9 Å². The van der Waals surface area contributed by atoms with Crippen molar-refractivity contribution < 1.29 is 33.1 Å². The maximum absolute atomic E-state index is 12.5. The number of hydrogen-bond donors (Lipinski definition) is 2. The van der Waals surface area contributed by atoms with Gasteiger partial charge in [0.15, 0.2) is 19.2 Å². The first-order valence-electron chi connectivity index (χ1n) is 12.7. The molecule has 0 radical (unpaired) electrons. The molecule has 0 spiro atoms. The Balaban J connectivity index is 2.31. The largest absolute Gasteiger partial charge is 0.414 e. The van der Waals surface area contributed by atoms with Crippen LogP contribution < -0.4 is 10.6 Å². The van der Waals surface area contributed by atoms with Gasteiger partial charge in [-0.05, 0) is 38.9 Å². The van der Waals surface area contributed by atoms with Gasteiger partial charge in [-0.3, -0.25) is 19.2 Å². The van der Waals surface area contributed by atoms with Gasteiger partial charge in [0, 0.05) is 42.5 Å². The van der Waals surface area contributed by atoms with Crippen molar-refractivity contribution in [1.82, 2.24) is 10.6 Å². The second-order valence-corrected chi connectivity index (χ2v) is 18.0. The molecule has 0 saturated carbocycles. The number of Topliss-reactive ketones (excluding diaryl/α,β-unsaturated/α-hetero) is 1. The highest BCUT2D eigenvalue weighted by atomic mass is 32.2. The van der Waals surface area contributed by atoms with Crippen molar-refractivity contribution in [2.75, 3.05) is 18.9 Å². The third kappa shape index (κ3) is 11.8. The number of carbonyl (C=O) groups excluding carboxylic acids is 4. The number of rotatable bonds is 12. The van der Waals surface area contributed by atoms with Crippen LogP contribution in [0.15, 0.2) is 12.3 Å². The highest BCUT2D eigenvalue weighted by molar-refractivity contribution is 8.13. The Morgan fingerprint density at radius 1 is 1.16 bits per heavy atom. The fraction of sp³-hybridized carbons (Fsp3) is 0.769. The second kappa shape index (κ2) is 13.5. The van der Waals surface area contributed by atoms with Crippen LogP contribution in [0.3, 0.4) is 0 Å². The molecular weight excluding hydrogens is 512 g/mol. The molecule has 0 aromatic carbocycles. The molecule has 2 amide bonds. The summed E-state index contributed by atoms with van der Waals surface area (Å²) in [6.07, 6.45) is 1.57. The molecule has 0 aromatic rings. The lowest BCUT2D eigenvalue weighted by molar-refractivity contribution is -0.303. The van der Waals surface area contributed by atoms with Crippen molar-refractivity contribution in [2.24, 2.45) is 5.41 Å². The van der Waals surface area contributed by atoms with Crippen molar-refractivity contribution >= 4 is 42.8 Å². The van der Waals surface area contributed by atoms with Gasteiger partial charge in [0.2, 0.25) is 5.91 Å². The Kier molecular flexibility index (Phi) is 12.2. The van der Waals surface area contributed by atoms with Crippen molar-refractivity contribution in [2.45, 2.75) is 104 Å². The topological polar surface area (TPSA) is 120 Å². The van der Waals surface area contributed by atoms with Gasteiger partial charge in [0.05, 0.1) is 13.0 Å². The molecular formula is C26H46N2O7SSi. The number of amides is 2. The molecule has 37 heavy (non-hydrogen) atoms. The molecule has 1 fully saturated rings. The first-order chi connectivity index (χ1) is 16.8. The molecule has 2 N–H and O–H groups in total. The Bertz CT molecular complexity index is 865. The minimum absolute atomic E-state index is 0.0501. The van der Waals surface area contributed by atoms with Crippen LogP contribution in [0.2, 0.25) is 18.1 Å². The second-order valence-electron chi connectivity index (χ2n) is 12.1. The van der Waals surface area contributed by atoms with E-state index in [0.29, 0.717) is 12.4 Å². The summed E-state index contributed by atoms with van der Waals surface area (Å²) < 4.78 is 17.6. The maximum Gasteiger partial charge on any atom is 0.253 e. The van der Waals surface area contributed by atoms with E-state index in [0.717, 1.165) is 11.8 Å². The average Bonchev–Trinajstić information content (AvgIpc) is 2.71. The quantitative estimate of drug-likeness (QED) is 0.160. The summed E-state index contributed by atoms with van der Waals surface area (Å²) in [6.45, 7) is 20.4. The number of carbonyl (C=O) groups is 4. The van der Waals surface area contributed by atoms with E-state index in [2.05, 4.69) is 44.5 Å². The molecule has 2 atom stereocenters. The lowest BCUT2D eigenvalue weighted by Gasteiger charge is -2.44. The Labute approximate surface area is 227 Å². The molecule has 9 nitrogen and oxygen atoms in total. The van der Waals surface area contributed by atoms with E-state index in [1.54, 1.807) is 13.8 Å². The first-order valence-corrected chi connectivity index (χ1v) is 16.6. The molecule has 11 heteroatoms. The summed E-state index contributed by atoms with van der Waals surface area (Å²) in [5.41, 5.74) is -0.517. The van der Waals surface area contributed by atoms with Crippen molar-refractivity contribution in [3.05, 3.63) is 12.3 Å². The lowest BCUT2D eigenvalue weighted by Crippen LogP contribution is -2.55. The lowest BCUT2D eigenvalue weighted by atomic mass is 9.85. The monoisotopic (exact) mass is 558 g/mol. The number of ketones is 1. The van der Waals surface area contributed by atoms with Crippen LogP contribution in [-0.2, 0) is 33.1 Å². The Morgan fingerprint density at radius 3 is 2.38 bits per heavy atom. The van der Waals surface area contributed by atoms with Crippen LogP contribution in [0.4, 0.5) is 0 Å². The summed E-state index contributed by atoms with van der Waals surface area (Å²) in [6, 6.07) is 0. The standard InChI is InChI=1S/C26H46N2O7SSi/c1-18(35-37(9,10)24(2,3)4)15-19(29)16-21(31)36-14-13-27-20(30)11-12-28-23(32)22-25(5,6)17-33-26(7,8)34-22/h11-12,18,22H,13-17H2,1-10H3,(H,27,30)(H,28,32)/t18-,22+/m1/s1. The van der Waals surface area contributed by atoms with Crippen LogP contribution in [0.25, 0.3) is 0 Å². The van der Waals surface area contributed by atoms with Crippen LogP contribution in [-0.4, -0.2) is 67.9 Å². The summed E-state index contributed by atoms with van der Waals surface area (Å²) in [5.74, 6) is -1.44. The summed E-state index contributed by atoms with van der Waals surface area (Å²) >= 11 is 1.01. The normalized spacial score (nSPS) is 20.3. The van der Waals surface area contributed by atoms with Gasteiger partial charge in [-0.25, -0.2) is 0 Å². The van der Waals surface area contributed by atoms with E-state index >= 15 is 0 Å². The molecule has 212 valence electrons. The molecule has 1 heterocycles. The van der Waals surface area contributed by atoms with E-state index in [-0.39, 0.29) is 47.3 Å². The van der Waals surface area contributed by atoms with Crippen LogP contribution in [0.1, 0.15) is 68.2 Å². The minimum atomic E-state index is -1.97. The number of thioether (sulfide) groups is 1. The molecule has 1 aliphatic heterocycles. The van der Waals surface area contributed by atoms with Gasteiger partial charge < -0.3 is 24.5 Å². The third-order valence-electron chi connectivity index (χ3n) is 6.42. The maximum atomic E-state index is 12.5. The van der Waals surface area contributed by atoms with E-state index in [1.165, 1.54) is 12.3 Å². The van der Waals surface area contributed by atoms with E-state index < -0.39 is 31.5 Å². The molecule has 1 saturated heterocycles. The van der Waals surface area contributed by atoms with Gasteiger partial charge in [-0.1, -0.05) is 46.4 Å². The molecule has 1 rings (SSSR count). The smallest absolute Gasteiger partial charge is 0.253 e. The Hall–Kier alpha value is -1.53. The Morgan fingerprint density at radius 2 is 1.78 bits per heavy atom. The minimum Gasteiger partial charge on any atom is -0.414 e. The van der Waals surface area contributed by atoms with Crippen molar-refractivity contribution in [3.63, 3.8) is 0 Å². The number of nitrogens with one attached hydrogen (secondary N) is 2. The van der Waals surface area contributed by atoms with E-state index in [9.17, 15) is 19.2 Å². The van der Waals surface area contributed by atoms with Gasteiger partial charge in [0.25, 0.3) is 5.91 Å². The van der Waals surface area contributed by atoms with Crippen LogP contribution >= 0.6 is 11.8 Å². The predicted octanol–water partition coefficient (Wildman–Crippen LogP) is 3.93. The third-order valence-corrected chi connectivity index (χ3v) is 11.9. The van der Waals surface area contributed by atoms with Crippen molar-refractivity contribution in [3.8, 4) is 0 Å². The van der Waals surface area contributed by atoms with Crippen LogP contribution in [0, 0.1) is 5.41 Å². The zero-order valence-electron chi connectivity index (χ0n) is 24.1. The summed E-state index contributed by atoms with van der Waals surface area (Å²) in [5, 5.41) is 5.04. The fourth-order valence-corrected chi connectivity index (χ4v) is 5.46. The predicted molar refractivity (Wildman–Crippen MR) is 148 cm³/mol. The number of hydrogen-bond acceptors (Lipinski definition) is 8. The molecule has 0 aliphatic carbocycles. The molecule has 0 unspecified atom stereocenters. The fourth-order valence-electron chi connectivity index (χ4n) is 3.32. The SMILES string of the molecule is C[C@H](CC(=O)CC(=O)SCCNC(=O)C=CNC(=O)[C@@H]1OC(C)(C)OCC1(C)C)O[Si](C)(C)C(C)(C)C. The zero-order valence-corrected chi connectivity index (χ0v) is 25.9. The van der Waals surface area contributed by atoms with Gasteiger partial charge in [-0.2, -0.15) is 0 Å². The highest BCUT2D eigenvalue weighted by Gasteiger charge is 2.45. The summed E-state index contributed by atoms with van der Waals surface area (Å²) in [4.78, 5) is 48.9. The molecule has 1 aliphatic rings. The average molecular weight is 559 g/mol. The highest BCUT2D eigenvalue weighted by Crippen LogP contribution is 2.37. The van der Waals surface area contributed by atoms with Crippen molar-refractivity contribution in [1.29, 1.82) is 0 Å². The first kappa shape index (κ1) is 33.5. The number of ether oxygens (including phenoxy) is 2. The summed E-state index contributed by atoms with van der Waals surface area (Å²) in [7, 11) is -1.97. The van der Waals surface area contributed by atoms with E-state index in [4.69, 9.17) is 13.9 Å². The van der Waals surface area contributed by atoms with Gasteiger partial charge in [-0.15, -0.1) is 0 Å². The molecule has 0 aromatic heterocycles. The van der Waals surface area contributed by atoms with Crippen LogP contribution in [0.5, 0.6) is 0 Å².